The van der Waals surface area contributed by atoms with Crippen molar-refractivity contribution in [2.45, 2.75) is 19.2 Å². The number of halogens is 3. The number of benzene rings is 2. The highest BCUT2D eigenvalue weighted by molar-refractivity contribution is 6.35. The van der Waals surface area contributed by atoms with E-state index in [9.17, 15) is 4.39 Å². The van der Waals surface area contributed by atoms with Gasteiger partial charge in [0.1, 0.15) is 11.6 Å². The molecule has 0 saturated carbocycles. The molecule has 3 rings (SSSR count). The van der Waals surface area contributed by atoms with Crippen LogP contribution in [0.1, 0.15) is 23.7 Å². The number of hydrogen-bond donors (Lipinski definition) is 0. The maximum atomic E-state index is 14.4. The zero-order valence-electron chi connectivity index (χ0n) is 11.6. The summed E-state index contributed by atoms with van der Waals surface area (Å²) >= 11 is 12.5. The fraction of sp³-hybridized carbons (Fsp3) is 0.188. The van der Waals surface area contributed by atoms with Crippen molar-refractivity contribution in [3.8, 4) is 5.69 Å². The van der Waals surface area contributed by atoms with E-state index >= 15 is 0 Å². The summed E-state index contributed by atoms with van der Waals surface area (Å²) < 4.78 is 16.1. The first-order valence-electron chi connectivity index (χ1n) is 6.56. The lowest BCUT2D eigenvalue weighted by Gasteiger charge is -2.12. The van der Waals surface area contributed by atoms with Gasteiger partial charge in [-0.25, -0.2) is 9.37 Å². The Morgan fingerprint density at radius 2 is 2.00 bits per heavy atom. The first kappa shape index (κ1) is 14.4. The average Bonchev–Trinajstić information content (AvgIpc) is 2.80. The summed E-state index contributed by atoms with van der Waals surface area (Å²) in [7, 11) is 0. The number of aromatic nitrogens is 2. The Balaban J connectivity index is 2.41. The van der Waals surface area contributed by atoms with Crippen molar-refractivity contribution in [3.63, 3.8) is 0 Å². The van der Waals surface area contributed by atoms with Crippen LogP contribution in [0.3, 0.4) is 0 Å². The SMILES string of the molecule is Cc1ccc(-n2c(C(C)Cl)nc3cccc(Cl)c32)c(F)c1. The lowest BCUT2D eigenvalue weighted by Crippen LogP contribution is -2.04. The van der Waals surface area contributed by atoms with Gasteiger partial charge >= 0.3 is 0 Å². The Morgan fingerprint density at radius 3 is 2.67 bits per heavy atom. The predicted molar refractivity (Wildman–Crippen MR) is 85.0 cm³/mol. The molecular formula is C16H13Cl2FN2. The maximum Gasteiger partial charge on any atom is 0.147 e. The number of hydrogen-bond acceptors (Lipinski definition) is 1. The van der Waals surface area contributed by atoms with Crippen molar-refractivity contribution in [2.24, 2.45) is 0 Å². The molecule has 0 aliphatic carbocycles. The Bertz CT molecular complexity index is 825. The van der Waals surface area contributed by atoms with Crippen LogP contribution in [0.25, 0.3) is 16.7 Å². The van der Waals surface area contributed by atoms with E-state index in [0.29, 0.717) is 27.6 Å². The molecule has 0 saturated heterocycles. The molecule has 1 atom stereocenters. The molecule has 0 aliphatic rings. The molecule has 0 amide bonds. The summed E-state index contributed by atoms with van der Waals surface area (Å²) in [6, 6.07) is 10.5. The van der Waals surface area contributed by atoms with Crippen LogP contribution in [0, 0.1) is 12.7 Å². The van der Waals surface area contributed by atoms with Gasteiger partial charge in [-0.05, 0) is 43.7 Å². The smallest absolute Gasteiger partial charge is 0.147 e. The van der Waals surface area contributed by atoms with Crippen LogP contribution >= 0.6 is 23.2 Å². The first-order chi connectivity index (χ1) is 9.99. The van der Waals surface area contributed by atoms with Gasteiger partial charge in [-0.3, -0.25) is 4.57 Å². The lowest BCUT2D eigenvalue weighted by atomic mass is 10.2. The molecule has 0 fully saturated rings. The quantitative estimate of drug-likeness (QED) is 0.575. The summed E-state index contributed by atoms with van der Waals surface area (Å²) in [5.41, 5.74) is 2.63. The van der Waals surface area contributed by atoms with E-state index < -0.39 is 0 Å². The molecule has 5 heteroatoms. The second-order valence-corrected chi connectivity index (χ2v) is 6.05. The molecule has 3 aromatic rings. The first-order valence-corrected chi connectivity index (χ1v) is 7.38. The number of alkyl halides is 1. The minimum absolute atomic E-state index is 0.326. The van der Waals surface area contributed by atoms with Crippen molar-refractivity contribution in [1.82, 2.24) is 9.55 Å². The highest BCUT2D eigenvalue weighted by Gasteiger charge is 2.20. The molecule has 1 aromatic heterocycles. The molecule has 1 heterocycles. The molecule has 2 nitrogen and oxygen atoms in total. The third kappa shape index (κ3) is 2.41. The third-order valence-electron chi connectivity index (χ3n) is 3.35. The molecule has 1 unspecified atom stereocenters. The molecule has 0 spiro atoms. The molecule has 0 bridgehead atoms. The van der Waals surface area contributed by atoms with Gasteiger partial charge in [-0.1, -0.05) is 23.7 Å². The van der Waals surface area contributed by atoms with Crippen LogP contribution in [-0.4, -0.2) is 9.55 Å². The van der Waals surface area contributed by atoms with Crippen LogP contribution in [0.15, 0.2) is 36.4 Å². The zero-order chi connectivity index (χ0) is 15.1. The molecule has 0 N–H and O–H groups in total. The summed E-state index contributed by atoms with van der Waals surface area (Å²) in [6.07, 6.45) is 0. The second-order valence-electron chi connectivity index (χ2n) is 4.98. The van der Waals surface area contributed by atoms with E-state index in [1.807, 2.05) is 25.1 Å². The monoisotopic (exact) mass is 322 g/mol. The standard InChI is InChI=1S/C16H13Cl2FN2/c1-9-6-7-14(12(19)8-9)21-15-11(18)4-3-5-13(15)20-16(21)10(2)17/h3-8,10H,1-2H3. The van der Waals surface area contributed by atoms with Crippen molar-refractivity contribution in [2.75, 3.05) is 0 Å². The number of aryl methyl sites for hydroxylation is 1. The fourth-order valence-electron chi connectivity index (χ4n) is 2.41. The highest BCUT2D eigenvalue weighted by Crippen LogP contribution is 2.33. The largest absolute Gasteiger partial charge is 0.291 e. The number of nitrogens with zero attached hydrogens (tertiary/aromatic N) is 2. The van der Waals surface area contributed by atoms with E-state index in [2.05, 4.69) is 4.98 Å². The van der Waals surface area contributed by atoms with E-state index in [4.69, 9.17) is 23.2 Å². The summed E-state index contributed by atoms with van der Waals surface area (Å²) in [5, 5.41) is 0.151. The van der Waals surface area contributed by atoms with Gasteiger partial charge in [0.2, 0.25) is 0 Å². The Hall–Kier alpha value is -1.58. The molecule has 0 radical (unpaired) electrons. The summed E-state index contributed by atoms with van der Waals surface area (Å²) in [6.45, 7) is 3.65. The third-order valence-corrected chi connectivity index (χ3v) is 3.85. The van der Waals surface area contributed by atoms with E-state index in [1.54, 1.807) is 23.6 Å². The summed E-state index contributed by atoms with van der Waals surface area (Å²) in [4.78, 5) is 4.49. The Kier molecular flexibility index (Phi) is 3.64. The minimum atomic E-state index is -0.367. The van der Waals surface area contributed by atoms with Crippen molar-refractivity contribution < 1.29 is 4.39 Å². The Morgan fingerprint density at radius 1 is 1.24 bits per heavy atom. The van der Waals surface area contributed by atoms with E-state index in [0.717, 1.165) is 5.56 Å². The van der Waals surface area contributed by atoms with Crippen LogP contribution in [0.4, 0.5) is 4.39 Å². The normalized spacial score (nSPS) is 12.8. The van der Waals surface area contributed by atoms with Crippen molar-refractivity contribution >= 4 is 34.2 Å². The number of fused-ring (bicyclic) bond motifs is 1. The molecule has 21 heavy (non-hydrogen) atoms. The maximum absolute atomic E-state index is 14.4. The van der Waals surface area contributed by atoms with E-state index in [-0.39, 0.29) is 11.2 Å². The fourth-order valence-corrected chi connectivity index (χ4v) is 2.81. The second kappa shape index (κ2) is 5.32. The zero-order valence-corrected chi connectivity index (χ0v) is 13.1. The topological polar surface area (TPSA) is 17.8 Å². The van der Waals surface area contributed by atoms with E-state index in [1.165, 1.54) is 6.07 Å². The molecule has 0 aliphatic heterocycles. The molecular weight excluding hydrogens is 310 g/mol. The van der Waals surface area contributed by atoms with Crippen LogP contribution in [-0.2, 0) is 0 Å². The van der Waals surface area contributed by atoms with Gasteiger partial charge in [0.15, 0.2) is 0 Å². The minimum Gasteiger partial charge on any atom is -0.291 e. The van der Waals surface area contributed by atoms with Crippen molar-refractivity contribution in [1.29, 1.82) is 0 Å². The molecule has 2 aromatic carbocycles. The van der Waals surface area contributed by atoms with Crippen LogP contribution in [0.5, 0.6) is 0 Å². The average molecular weight is 323 g/mol. The van der Waals surface area contributed by atoms with Gasteiger partial charge in [0.05, 0.1) is 27.1 Å². The lowest BCUT2D eigenvalue weighted by molar-refractivity contribution is 0.615. The Labute approximate surface area is 132 Å². The van der Waals surface area contributed by atoms with Gasteiger partial charge in [-0.2, -0.15) is 0 Å². The van der Waals surface area contributed by atoms with Crippen molar-refractivity contribution in [3.05, 3.63) is 58.6 Å². The number of imidazole rings is 1. The highest BCUT2D eigenvalue weighted by atomic mass is 35.5. The van der Waals surface area contributed by atoms with Crippen LogP contribution in [0.2, 0.25) is 5.02 Å². The van der Waals surface area contributed by atoms with Gasteiger partial charge in [0, 0.05) is 0 Å². The van der Waals surface area contributed by atoms with Gasteiger partial charge < -0.3 is 0 Å². The van der Waals surface area contributed by atoms with Gasteiger partial charge in [0.25, 0.3) is 0 Å². The predicted octanol–water partition coefficient (Wildman–Crippen LogP) is 5.43. The molecule has 108 valence electrons. The number of rotatable bonds is 2. The number of para-hydroxylation sites is 1. The van der Waals surface area contributed by atoms with Crippen LogP contribution < -0.4 is 0 Å². The van der Waals surface area contributed by atoms with Gasteiger partial charge in [-0.15, -0.1) is 11.6 Å². The summed E-state index contributed by atoms with van der Waals surface area (Å²) in [5.74, 6) is 0.246.